The Bertz CT molecular complexity index is 654. The molecule has 1 saturated heterocycles. The van der Waals surface area contributed by atoms with Crippen LogP contribution in [0.1, 0.15) is 20.3 Å². The average Bonchev–Trinajstić information content (AvgIpc) is 3.09. The molecule has 1 heterocycles. The fourth-order valence-electron chi connectivity index (χ4n) is 2.75. The summed E-state index contributed by atoms with van der Waals surface area (Å²) in [7, 11) is -2.96. The van der Waals surface area contributed by atoms with Gasteiger partial charge in [-0.05, 0) is 31.4 Å². The van der Waals surface area contributed by atoms with Gasteiger partial charge < -0.3 is 10.2 Å². The predicted octanol–water partition coefficient (Wildman–Crippen LogP) is 3.12. The molecule has 1 fully saturated rings. The first kappa shape index (κ1) is 23.6. The van der Waals surface area contributed by atoms with Crippen molar-refractivity contribution >= 4 is 51.5 Å². The normalized spacial score (nSPS) is 17.8. The smallest absolute Gasteiger partial charge is 0.193 e. The van der Waals surface area contributed by atoms with E-state index in [-0.39, 0.29) is 35.5 Å². The molecule has 26 heavy (non-hydrogen) atoms. The summed E-state index contributed by atoms with van der Waals surface area (Å²) in [6.07, 6.45) is 1.15. The summed E-state index contributed by atoms with van der Waals surface area (Å²) >= 11 is 1.90. The van der Waals surface area contributed by atoms with Crippen LogP contribution in [0.15, 0.2) is 40.2 Å². The van der Waals surface area contributed by atoms with Crippen molar-refractivity contribution in [3.8, 4) is 0 Å². The molecule has 1 aliphatic heterocycles. The van der Waals surface area contributed by atoms with E-state index in [0.717, 1.165) is 37.8 Å². The lowest BCUT2D eigenvalue weighted by atomic mass is 10.2. The molecular formula is C18H30IN3O2S2. The number of sulfone groups is 1. The second-order valence-corrected chi connectivity index (χ2v) is 9.76. The van der Waals surface area contributed by atoms with Gasteiger partial charge in [-0.15, -0.1) is 35.7 Å². The Morgan fingerprint density at radius 1 is 1.31 bits per heavy atom. The number of benzene rings is 1. The van der Waals surface area contributed by atoms with Crippen molar-refractivity contribution in [2.24, 2.45) is 10.9 Å². The highest BCUT2D eigenvalue weighted by Gasteiger charge is 2.25. The molecule has 8 heteroatoms. The second-order valence-electron chi connectivity index (χ2n) is 6.20. The SMILES string of the molecule is CCNC(=NCCS(=O)(=O)CC)N1CCC(CSc2ccccc2)C1.I. The highest BCUT2D eigenvalue weighted by Crippen LogP contribution is 2.25. The summed E-state index contributed by atoms with van der Waals surface area (Å²) in [4.78, 5) is 8.10. The molecule has 0 bridgehead atoms. The molecule has 0 aliphatic carbocycles. The molecule has 1 N–H and O–H groups in total. The zero-order chi connectivity index (χ0) is 18.1. The van der Waals surface area contributed by atoms with Gasteiger partial charge in [-0.3, -0.25) is 4.99 Å². The van der Waals surface area contributed by atoms with Crippen LogP contribution >= 0.6 is 35.7 Å². The molecule has 2 rings (SSSR count). The molecule has 5 nitrogen and oxygen atoms in total. The lowest BCUT2D eigenvalue weighted by Crippen LogP contribution is -2.40. The molecular weight excluding hydrogens is 481 g/mol. The van der Waals surface area contributed by atoms with Gasteiger partial charge in [0.25, 0.3) is 0 Å². The molecule has 0 saturated carbocycles. The van der Waals surface area contributed by atoms with Gasteiger partial charge in [0, 0.05) is 36.0 Å². The minimum atomic E-state index is -2.96. The monoisotopic (exact) mass is 511 g/mol. The number of likely N-dealkylation sites (tertiary alicyclic amines) is 1. The Kier molecular flexibility index (Phi) is 10.9. The lowest BCUT2D eigenvalue weighted by molar-refractivity contribution is 0.475. The number of nitrogens with one attached hydrogen (secondary N) is 1. The third-order valence-corrected chi connectivity index (χ3v) is 7.18. The maximum Gasteiger partial charge on any atom is 0.193 e. The number of rotatable bonds is 8. The van der Waals surface area contributed by atoms with Crippen LogP contribution in [0.2, 0.25) is 0 Å². The molecule has 0 spiro atoms. The van der Waals surface area contributed by atoms with Crippen LogP contribution in [-0.4, -0.2) is 62.7 Å². The fourth-order valence-corrected chi connectivity index (χ4v) is 4.46. The maximum absolute atomic E-state index is 11.6. The van der Waals surface area contributed by atoms with E-state index in [1.54, 1.807) is 6.92 Å². The minimum Gasteiger partial charge on any atom is -0.357 e. The standard InChI is InChI=1S/C18H29N3O2S2.HI/c1-3-19-18(20-11-13-25(22,23)4-2)21-12-10-16(14-21)15-24-17-8-6-5-7-9-17;/h5-9,16H,3-4,10-15H2,1-2H3,(H,19,20);1H. The number of guanidine groups is 1. The maximum atomic E-state index is 11.6. The highest BCUT2D eigenvalue weighted by molar-refractivity contribution is 14.0. The molecule has 148 valence electrons. The van der Waals surface area contributed by atoms with Crippen molar-refractivity contribution in [3.05, 3.63) is 30.3 Å². The summed E-state index contributed by atoms with van der Waals surface area (Å²) in [6, 6.07) is 10.5. The van der Waals surface area contributed by atoms with E-state index in [1.807, 2.05) is 24.8 Å². The summed E-state index contributed by atoms with van der Waals surface area (Å²) in [5.41, 5.74) is 0. The van der Waals surface area contributed by atoms with E-state index in [2.05, 4.69) is 39.5 Å². The van der Waals surface area contributed by atoms with Crippen LogP contribution in [0.3, 0.4) is 0 Å². The molecule has 1 aromatic rings. The van der Waals surface area contributed by atoms with Crippen LogP contribution in [0, 0.1) is 5.92 Å². The molecule has 0 amide bonds. The lowest BCUT2D eigenvalue weighted by Gasteiger charge is -2.21. The number of thioether (sulfide) groups is 1. The fraction of sp³-hybridized carbons (Fsp3) is 0.611. The Balaban J connectivity index is 0.00000338. The number of halogens is 1. The molecule has 1 aliphatic rings. The minimum absolute atomic E-state index is 0. The van der Waals surface area contributed by atoms with Crippen molar-refractivity contribution in [1.29, 1.82) is 0 Å². The van der Waals surface area contributed by atoms with E-state index in [9.17, 15) is 8.42 Å². The van der Waals surface area contributed by atoms with Crippen molar-refractivity contribution in [3.63, 3.8) is 0 Å². The predicted molar refractivity (Wildman–Crippen MR) is 123 cm³/mol. The van der Waals surface area contributed by atoms with E-state index in [1.165, 1.54) is 4.90 Å². The number of hydrogen-bond acceptors (Lipinski definition) is 4. The third-order valence-electron chi connectivity index (χ3n) is 4.25. The van der Waals surface area contributed by atoms with Crippen molar-refractivity contribution in [2.75, 3.05) is 43.4 Å². The first-order valence-electron chi connectivity index (χ1n) is 8.95. The Morgan fingerprint density at radius 3 is 2.69 bits per heavy atom. The average molecular weight is 511 g/mol. The summed E-state index contributed by atoms with van der Waals surface area (Å²) in [6.45, 7) is 6.80. The molecule has 1 atom stereocenters. The van der Waals surface area contributed by atoms with Crippen molar-refractivity contribution < 1.29 is 8.42 Å². The number of hydrogen-bond donors (Lipinski definition) is 1. The number of nitrogens with zero attached hydrogens (tertiary/aromatic N) is 2. The van der Waals surface area contributed by atoms with Crippen LogP contribution in [-0.2, 0) is 9.84 Å². The molecule has 0 aromatic heterocycles. The van der Waals surface area contributed by atoms with Gasteiger partial charge in [0.1, 0.15) is 0 Å². The molecule has 0 radical (unpaired) electrons. The van der Waals surface area contributed by atoms with Crippen LogP contribution in [0.25, 0.3) is 0 Å². The third kappa shape index (κ3) is 8.04. The van der Waals surface area contributed by atoms with Gasteiger partial charge in [-0.2, -0.15) is 0 Å². The van der Waals surface area contributed by atoms with Gasteiger partial charge in [-0.1, -0.05) is 25.1 Å². The van der Waals surface area contributed by atoms with E-state index in [0.29, 0.717) is 12.5 Å². The van der Waals surface area contributed by atoms with Gasteiger partial charge in [0.05, 0.1) is 12.3 Å². The summed E-state index contributed by atoms with van der Waals surface area (Å²) in [5, 5.41) is 3.30. The summed E-state index contributed by atoms with van der Waals surface area (Å²) < 4.78 is 23.3. The first-order valence-corrected chi connectivity index (χ1v) is 11.8. The van der Waals surface area contributed by atoms with Gasteiger partial charge in [0.2, 0.25) is 0 Å². The largest absolute Gasteiger partial charge is 0.357 e. The number of aliphatic imine (C=N–C) groups is 1. The van der Waals surface area contributed by atoms with Gasteiger partial charge in [-0.25, -0.2) is 8.42 Å². The van der Waals surface area contributed by atoms with Crippen molar-refractivity contribution in [2.45, 2.75) is 25.2 Å². The zero-order valence-corrected chi connectivity index (χ0v) is 19.5. The molecule has 1 unspecified atom stereocenters. The molecule has 1 aromatic carbocycles. The van der Waals surface area contributed by atoms with E-state index >= 15 is 0 Å². The highest BCUT2D eigenvalue weighted by atomic mass is 127. The topological polar surface area (TPSA) is 61.8 Å². The van der Waals surface area contributed by atoms with Gasteiger partial charge in [0.15, 0.2) is 15.8 Å². The van der Waals surface area contributed by atoms with Crippen LogP contribution < -0.4 is 5.32 Å². The Labute approximate surface area is 179 Å². The van der Waals surface area contributed by atoms with Gasteiger partial charge >= 0.3 is 0 Å². The van der Waals surface area contributed by atoms with Crippen LogP contribution in [0.4, 0.5) is 0 Å². The first-order chi connectivity index (χ1) is 12.0. The Morgan fingerprint density at radius 2 is 2.04 bits per heavy atom. The van der Waals surface area contributed by atoms with E-state index in [4.69, 9.17) is 0 Å². The zero-order valence-electron chi connectivity index (χ0n) is 15.6. The van der Waals surface area contributed by atoms with Crippen molar-refractivity contribution in [1.82, 2.24) is 10.2 Å². The summed E-state index contributed by atoms with van der Waals surface area (Å²) in [5.74, 6) is 2.89. The quantitative estimate of drug-likeness (QED) is 0.252. The van der Waals surface area contributed by atoms with E-state index < -0.39 is 9.84 Å². The van der Waals surface area contributed by atoms with Crippen LogP contribution in [0.5, 0.6) is 0 Å². The Hall–Kier alpha value is -0.480. The second kappa shape index (κ2) is 12.1.